The highest BCUT2D eigenvalue weighted by Crippen LogP contribution is 2.19. The Hall–Kier alpha value is -2.69. The third-order valence-electron chi connectivity index (χ3n) is 4.00. The van der Waals surface area contributed by atoms with Crippen molar-refractivity contribution in [1.29, 1.82) is 0 Å². The smallest absolute Gasteiger partial charge is 0.253 e. The fourth-order valence-corrected chi connectivity index (χ4v) is 2.43. The summed E-state index contributed by atoms with van der Waals surface area (Å²) in [5, 5.41) is 5.81. The van der Waals surface area contributed by atoms with Gasteiger partial charge >= 0.3 is 0 Å². The molecule has 1 heterocycles. The van der Waals surface area contributed by atoms with Crippen LogP contribution in [0, 0.1) is 6.92 Å². The highest BCUT2D eigenvalue weighted by Gasteiger charge is 2.28. The molecule has 124 valence electrons. The van der Waals surface area contributed by atoms with E-state index in [4.69, 9.17) is 0 Å². The number of rotatable bonds is 6. The molecule has 1 fully saturated rings. The van der Waals surface area contributed by atoms with Crippen molar-refractivity contribution in [3.63, 3.8) is 0 Å². The van der Waals surface area contributed by atoms with Gasteiger partial charge in [0.1, 0.15) is 6.04 Å². The van der Waals surface area contributed by atoms with E-state index in [1.165, 1.54) is 6.20 Å². The molecule has 0 saturated heterocycles. The SMILES string of the molecule is Cc1ccc(C(=O)NC(Cc2ccccc2)C(=O)NC2CC2)cn1. The van der Waals surface area contributed by atoms with Crippen LogP contribution in [0.4, 0.5) is 0 Å². The molecule has 1 atom stereocenters. The van der Waals surface area contributed by atoms with Crippen LogP contribution in [0.25, 0.3) is 0 Å². The number of hydrogen-bond acceptors (Lipinski definition) is 3. The van der Waals surface area contributed by atoms with Crippen molar-refractivity contribution in [3.05, 3.63) is 65.5 Å². The first kappa shape index (κ1) is 16.2. The molecule has 5 heteroatoms. The molecule has 1 aliphatic carbocycles. The van der Waals surface area contributed by atoms with E-state index in [9.17, 15) is 9.59 Å². The molecule has 5 nitrogen and oxygen atoms in total. The van der Waals surface area contributed by atoms with E-state index in [0.717, 1.165) is 24.1 Å². The third kappa shape index (κ3) is 4.41. The molecule has 1 unspecified atom stereocenters. The van der Waals surface area contributed by atoms with Gasteiger partial charge in [0.15, 0.2) is 0 Å². The normalized spacial score (nSPS) is 14.7. The lowest BCUT2D eigenvalue weighted by Gasteiger charge is -2.18. The minimum Gasteiger partial charge on any atom is -0.352 e. The van der Waals surface area contributed by atoms with Crippen LogP contribution in [0.3, 0.4) is 0 Å². The van der Waals surface area contributed by atoms with E-state index in [-0.39, 0.29) is 17.9 Å². The number of nitrogens with zero attached hydrogens (tertiary/aromatic N) is 1. The second-order valence-corrected chi connectivity index (χ2v) is 6.19. The molecule has 0 bridgehead atoms. The number of carbonyl (C=O) groups is 2. The molecule has 3 rings (SSSR count). The minimum atomic E-state index is -0.596. The fraction of sp³-hybridized carbons (Fsp3) is 0.316. The highest BCUT2D eigenvalue weighted by atomic mass is 16.2. The molecular weight excluding hydrogens is 302 g/mol. The van der Waals surface area contributed by atoms with Gasteiger partial charge in [0.05, 0.1) is 5.56 Å². The van der Waals surface area contributed by atoms with E-state index < -0.39 is 6.04 Å². The van der Waals surface area contributed by atoms with E-state index >= 15 is 0 Å². The fourth-order valence-electron chi connectivity index (χ4n) is 2.43. The number of hydrogen-bond donors (Lipinski definition) is 2. The van der Waals surface area contributed by atoms with Crippen LogP contribution in [-0.2, 0) is 11.2 Å². The van der Waals surface area contributed by atoms with Gasteiger partial charge in [-0.2, -0.15) is 0 Å². The molecule has 0 radical (unpaired) electrons. The summed E-state index contributed by atoms with van der Waals surface area (Å²) in [6, 6.07) is 12.9. The highest BCUT2D eigenvalue weighted by molar-refractivity contribution is 5.97. The van der Waals surface area contributed by atoms with Gasteiger partial charge in [-0.25, -0.2) is 0 Å². The van der Waals surface area contributed by atoms with E-state index in [0.29, 0.717) is 12.0 Å². The largest absolute Gasteiger partial charge is 0.352 e. The monoisotopic (exact) mass is 323 g/mol. The van der Waals surface area contributed by atoms with E-state index in [1.807, 2.05) is 37.3 Å². The molecule has 2 N–H and O–H groups in total. The molecule has 1 aromatic carbocycles. The Kier molecular flexibility index (Phi) is 4.89. The van der Waals surface area contributed by atoms with E-state index in [2.05, 4.69) is 15.6 Å². The van der Waals surface area contributed by atoms with Crippen molar-refractivity contribution >= 4 is 11.8 Å². The summed E-state index contributed by atoms with van der Waals surface area (Å²) < 4.78 is 0. The zero-order valence-electron chi connectivity index (χ0n) is 13.7. The van der Waals surface area contributed by atoms with Crippen LogP contribution < -0.4 is 10.6 Å². The van der Waals surface area contributed by atoms with Gasteiger partial charge in [0, 0.05) is 24.4 Å². The molecule has 2 aromatic rings. The Morgan fingerprint density at radius 1 is 1.17 bits per heavy atom. The zero-order valence-corrected chi connectivity index (χ0v) is 13.7. The quantitative estimate of drug-likeness (QED) is 0.854. The minimum absolute atomic E-state index is 0.130. The van der Waals surface area contributed by atoms with Crippen molar-refractivity contribution in [1.82, 2.24) is 15.6 Å². The van der Waals surface area contributed by atoms with Gasteiger partial charge in [-0.3, -0.25) is 14.6 Å². The molecule has 1 saturated carbocycles. The van der Waals surface area contributed by atoms with Gasteiger partial charge in [-0.1, -0.05) is 30.3 Å². The van der Waals surface area contributed by atoms with Crippen LogP contribution in [0.15, 0.2) is 48.7 Å². The first-order valence-electron chi connectivity index (χ1n) is 8.19. The Labute approximate surface area is 141 Å². The van der Waals surface area contributed by atoms with Crippen LogP contribution in [0.1, 0.15) is 34.5 Å². The van der Waals surface area contributed by atoms with Crippen molar-refractivity contribution in [2.45, 2.75) is 38.3 Å². The van der Waals surface area contributed by atoms with Gasteiger partial charge < -0.3 is 10.6 Å². The number of benzene rings is 1. The lowest BCUT2D eigenvalue weighted by atomic mass is 10.0. The predicted molar refractivity (Wildman–Crippen MR) is 91.5 cm³/mol. The number of amides is 2. The summed E-state index contributed by atoms with van der Waals surface area (Å²) in [5.41, 5.74) is 2.31. The average Bonchev–Trinajstić information content (AvgIpc) is 3.39. The predicted octanol–water partition coefficient (Wildman–Crippen LogP) is 2.01. The van der Waals surface area contributed by atoms with Gasteiger partial charge in [0.2, 0.25) is 5.91 Å². The van der Waals surface area contributed by atoms with Crippen molar-refractivity contribution in [2.24, 2.45) is 0 Å². The lowest BCUT2D eigenvalue weighted by Crippen LogP contribution is -2.48. The molecule has 0 aliphatic heterocycles. The molecule has 1 aliphatic rings. The first-order chi connectivity index (χ1) is 11.6. The standard InChI is InChI=1S/C19H21N3O2/c1-13-7-8-15(12-20-13)18(23)22-17(19(24)21-16-9-10-16)11-14-5-3-2-4-6-14/h2-8,12,16-17H,9-11H2,1H3,(H,21,24)(H,22,23). The molecule has 24 heavy (non-hydrogen) atoms. The van der Waals surface area contributed by atoms with Crippen LogP contribution in [0.2, 0.25) is 0 Å². The van der Waals surface area contributed by atoms with Crippen LogP contribution >= 0.6 is 0 Å². The van der Waals surface area contributed by atoms with Crippen molar-refractivity contribution < 1.29 is 9.59 Å². The number of nitrogens with one attached hydrogen (secondary N) is 2. The average molecular weight is 323 g/mol. The van der Waals surface area contributed by atoms with Gasteiger partial charge in [0.25, 0.3) is 5.91 Å². The summed E-state index contributed by atoms with van der Waals surface area (Å²) in [6.07, 6.45) is 4.02. The number of aryl methyl sites for hydroxylation is 1. The summed E-state index contributed by atoms with van der Waals surface area (Å²) in [7, 11) is 0. The van der Waals surface area contributed by atoms with Gasteiger partial charge in [-0.15, -0.1) is 0 Å². The number of pyridine rings is 1. The summed E-state index contributed by atoms with van der Waals surface area (Å²) >= 11 is 0. The maximum absolute atomic E-state index is 12.5. The van der Waals surface area contributed by atoms with Crippen LogP contribution in [0.5, 0.6) is 0 Å². The topological polar surface area (TPSA) is 71.1 Å². The molecule has 0 spiro atoms. The summed E-state index contributed by atoms with van der Waals surface area (Å²) in [6.45, 7) is 1.86. The Morgan fingerprint density at radius 2 is 1.92 bits per heavy atom. The number of carbonyl (C=O) groups excluding carboxylic acids is 2. The second-order valence-electron chi connectivity index (χ2n) is 6.19. The lowest BCUT2D eigenvalue weighted by molar-refractivity contribution is -0.123. The van der Waals surface area contributed by atoms with Crippen molar-refractivity contribution in [3.8, 4) is 0 Å². The maximum Gasteiger partial charge on any atom is 0.253 e. The zero-order chi connectivity index (χ0) is 16.9. The number of aromatic nitrogens is 1. The summed E-state index contributed by atoms with van der Waals surface area (Å²) in [5.74, 6) is -0.413. The van der Waals surface area contributed by atoms with Crippen LogP contribution in [-0.4, -0.2) is 28.9 Å². The Bertz CT molecular complexity index is 709. The maximum atomic E-state index is 12.5. The van der Waals surface area contributed by atoms with Gasteiger partial charge in [-0.05, 0) is 37.5 Å². The third-order valence-corrected chi connectivity index (χ3v) is 4.00. The molecular formula is C19H21N3O2. The Balaban J connectivity index is 1.71. The van der Waals surface area contributed by atoms with Crippen molar-refractivity contribution in [2.75, 3.05) is 0 Å². The Morgan fingerprint density at radius 3 is 2.54 bits per heavy atom. The first-order valence-corrected chi connectivity index (χ1v) is 8.19. The van der Waals surface area contributed by atoms with E-state index in [1.54, 1.807) is 12.1 Å². The molecule has 2 amide bonds. The second kappa shape index (κ2) is 7.25. The summed E-state index contributed by atoms with van der Waals surface area (Å²) in [4.78, 5) is 29.0. The molecule has 1 aromatic heterocycles.